The second kappa shape index (κ2) is 6.65. The van der Waals surface area contributed by atoms with Gasteiger partial charge in [-0.1, -0.05) is 50.4 Å². The summed E-state index contributed by atoms with van der Waals surface area (Å²) >= 11 is 5.81. The van der Waals surface area contributed by atoms with Crippen molar-refractivity contribution in [1.29, 1.82) is 0 Å². The predicted molar refractivity (Wildman–Crippen MR) is 70.4 cm³/mol. The third-order valence-corrected chi connectivity index (χ3v) is 3.37. The topological polar surface area (TPSA) is 37.3 Å². The van der Waals surface area contributed by atoms with Crippen LogP contribution < -0.4 is 0 Å². The maximum Gasteiger partial charge on any atom is 0.307 e. The number of carboxylic acid groups (broad SMARTS) is 1. The van der Waals surface area contributed by atoms with Crippen molar-refractivity contribution in [3.8, 4) is 0 Å². The van der Waals surface area contributed by atoms with Crippen molar-refractivity contribution in [2.75, 3.05) is 0 Å². The number of rotatable bonds is 6. The van der Waals surface area contributed by atoms with Crippen molar-refractivity contribution in [3.63, 3.8) is 0 Å². The van der Waals surface area contributed by atoms with Gasteiger partial charge in [0, 0.05) is 5.02 Å². The van der Waals surface area contributed by atoms with Crippen LogP contribution in [-0.2, 0) is 11.2 Å². The smallest absolute Gasteiger partial charge is 0.307 e. The molecule has 94 valence electrons. The third kappa shape index (κ3) is 4.39. The average molecular weight is 255 g/mol. The first-order chi connectivity index (χ1) is 8.04. The van der Waals surface area contributed by atoms with E-state index >= 15 is 0 Å². The molecule has 0 amide bonds. The van der Waals surface area contributed by atoms with Gasteiger partial charge in [0.2, 0.25) is 0 Å². The number of hydrogen-bond acceptors (Lipinski definition) is 1. The van der Waals surface area contributed by atoms with Gasteiger partial charge in [-0.05, 0) is 30.0 Å². The zero-order valence-corrected chi connectivity index (χ0v) is 11.1. The van der Waals surface area contributed by atoms with Gasteiger partial charge in [-0.25, -0.2) is 0 Å². The Morgan fingerprint density at radius 2 is 1.94 bits per heavy atom. The Morgan fingerprint density at radius 1 is 1.35 bits per heavy atom. The molecule has 0 heterocycles. The molecule has 2 unspecified atom stereocenters. The molecule has 0 saturated heterocycles. The van der Waals surface area contributed by atoms with E-state index in [0.717, 1.165) is 18.4 Å². The Balaban J connectivity index is 2.73. The summed E-state index contributed by atoms with van der Waals surface area (Å²) in [6.45, 7) is 4.09. The van der Waals surface area contributed by atoms with Crippen molar-refractivity contribution in [3.05, 3.63) is 34.9 Å². The Kier molecular flexibility index (Phi) is 5.49. The van der Waals surface area contributed by atoms with E-state index in [-0.39, 0.29) is 11.8 Å². The molecule has 0 aliphatic rings. The summed E-state index contributed by atoms with van der Waals surface area (Å²) in [6.07, 6.45) is 2.55. The summed E-state index contributed by atoms with van der Waals surface area (Å²) in [5, 5.41) is 9.94. The van der Waals surface area contributed by atoms with Gasteiger partial charge < -0.3 is 5.11 Å². The van der Waals surface area contributed by atoms with Crippen LogP contribution in [0, 0.1) is 11.8 Å². The Labute approximate surface area is 108 Å². The fraction of sp³-hybridized carbons (Fsp3) is 0.500. The highest BCUT2D eigenvalue weighted by Crippen LogP contribution is 2.22. The lowest BCUT2D eigenvalue weighted by Crippen LogP contribution is -2.23. The number of benzene rings is 1. The first-order valence-corrected chi connectivity index (χ1v) is 6.39. The quantitative estimate of drug-likeness (QED) is 0.833. The second-order valence-corrected chi connectivity index (χ2v) is 4.98. The van der Waals surface area contributed by atoms with Gasteiger partial charge in [0.25, 0.3) is 0 Å². The Hall–Kier alpha value is -1.02. The van der Waals surface area contributed by atoms with Crippen molar-refractivity contribution in [2.45, 2.75) is 33.1 Å². The first kappa shape index (κ1) is 14.0. The molecular formula is C14H19ClO2. The van der Waals surface area contributed by atoms with Crippen molar-refractivity contribution < 1.29 is 9.90 Å². The van der Waals surface area contributed by atoms with Gasteiger partial charge in [0.15, 0.2) is 0 Å². The van der Waals surface area contributed by atoms with Gasteiger partial charge in [-0.15, -0.1) is 0 Å². The van der Waals surface area contributed by atoms with Crippen LogP contribution in [0.25, 0.3) is 0 Å². The normalized spacial score (nSPS) is 14.3. The number of carbonyl (C=O) groups is 1. The molecule has 0 radical (unpaired) electrons. The highest BCUT2D eigenvalue weighted by Gasteiger charge is 2.24. The molecule has 1 rings (SSSR count). The van der Waals surface area contributed by atoms with Crippen LogP contribution in [-0.4, -0.2) is 11.1 Å². The van der Waals surface area contributed by atoms with Gasteiger partial charge >= 0.3 is 5.97 Å². The molecule has 0 spiro atoms. The molecule has 1 aromatic rings. The molecule has 1 aromatic carbocycles. The summed E-state index contributed by atoms with van der Waals surface area (Å²) in [7, 11) is 0. The molecule has 0 fully saturated rings. The monoisotopic (exact) mass is 254 g/mol. The van der Waals surface area contributed by atoms with Gasteiger partial charge in [0.1, 0.15) is 0 Å². The minimum atomic E-state index is -0.707. The van der Waals surface area contributed by atoms with Crippen molar-refractivity contribution in [1.82, 2.24) is 0 Å². The van der Waals surface area contributed by atoms with E-state index in [1.807, 2.05) is 19.1 Å². The van der Waals surface area contributed by atoms with Gasteiger partial charge in [0.05, 0.1) is 5.92 Å². The fourth-order valence-corrected chi connectivity index (χ4v) is 2.19. The number of hydrogen-bond donors (Lipinski definition) is 1. The summed E-state index contributed by atoms with van der Waals surface area (Å²) in [6, 6.07) is 7.41. The van der Waals surface area contributed by atoms with Crippen LogP contribution in [0.4, 0.5) is 0 Å². The maximum absolute atomic E-state index is 11.3. The van der Waals surface area contributed by atoms with E-state index in [1.54, 1.807) is 12.1 Å². The van der Waals surface area contributed by atoms with Crippen LogP contribution in [0.2, 0.25) is 5.02 Å². The lowest BCUT2D eigenvalue weighted by atomic mass is 9.85. The Bertz CT molecular complexity index is 359. The highest BCUT2D eigenvalue weighted by atomic mass is 35.5. The maximum atomic E-state index is 11.3. The van der Waals surface area contributed by atoms with Crippen molar-refractivity contribution >= 4 is 17.6 Å². The predicted octanol–water partition coefficient (Wildman–Crippen LogP) is 4.02. The summed E-state index contributed by atoms with van der Waals surface area (Å²) in [5.41, 5.74) is 1.03. The fourth-order valence-electron chi connectivity index (χ4n) is 2.06. The molecule has 1 N–H and O–H groups in total. The minimum Gasteiger partial charge on any atom is -0.481 e. The zero-order chi connectivity index (χ0) is 12.8. The third-order valence-electron chi connectivity index (χ3n) is 3.12. The van der Waals surface area contributed by atoms with Crippen LogP contribution in [0.3, 0.4) is 0 Å². The van der Waals surface area contributed by atoms with Gasteiger partial charge in [-0.2, -0.15) is 0 Å². The lowest BCUT2D eigenvalue weighted by molar-refractivity contribution is -0.143. The SMILES string of the molecule is CCCC(C)C(Cc1ccc(Cl)cc1)C(=O)O. The minimum absolute atomic E-state index is 0.202. The van der Waals surface area contributed by atoms with E-state index in [2.05, 4.69) is 6.92 Å². The van der Waals surface area contributed by atoms with E-state index in [4.69, 9.17) is 11.6 Å². The number of carboxylic acids is 1. The van der Waals surface area contributed by atoms with E-state index in [1.165, 1.54) is 0 Å². The van der Waals surface area contributed by atoms with E-state index in [0.29, 0.717) is 11.4 Å². The summed E-state index contributed by atoms with van der Waals surface area (Å²) in [5.74, 6) is -0.815. The number of aliphatic carboxylic acids is 1. The summed E-state index contributed by atoms with van der Waals surface area (Å²) < 4.78 is 0. The first-order valence-electron chi connectivity index (χ1n) is 6.01. The second-order valence-electron chi connectivity index (χ2n) is 4.54. The molecule has 3 heteroatoms. The molecule has 0 aromatic heterocycles. The summed E-state index contributed by atoms with van der Waals surface area (Å²) in [4.78, 5) is 11.3. The van der Waals surface area contributed by atoms with Crippen molar-refractivity contribution in [2.24, 2.45) is 11.8 Å². The molecule has 0 aliphatic heterocycles. The highest BCUT2D eigenvalue weighted by molar-refractivity contribution is 6.30. The molecule has 2 atom stereocenters. The molecule has 2 nitrogen and oxygen atoms in total. The van der Waals surface area contributed by atoms with E-state index < -0.39 is 5.97 Å². The van der Waals surface area contributed by atoms with E-state index in [9.17, 15) is 9.90 Å². The van der Waals surface area contributed by atoms with Crippen LogP contribution in [0.5, 0.6) is 0 Å². The molecule has 0 saturated carbocycles. The standard InChI is InChI=1S/C14H19ClO2/c1-3-4-10(2)13(14(16)17)9-11-5-7-12(15)8-6-11/h5-8,10,13H,3-4,9H2,1-2H3,(H,16,17). The van der Waals surface area contributed by atoms with Gasteiger partial charge in [-0.3, -0.25) is 4.79 Å². The van der Waals surface area contributed by atoms with Crippen LogP contribution >= 0.6 is 11.6 Å². The largest absolute Gasteiger partial charge is 0.481 e. The zero-order valence-electron chi connectivity index (χ0n) is 10.3. The number of halogens is 1. The molecule has 0 bridgehead atoms. The molecule has 17 heavy (non-hydrogen) atoms. The lowest BCUT2D eigenvalue weighted by Gasteiger charge is -2.19. The van der Waals surface area contributed by atoms with Crippen LogP contribution in [0.1, 0.15) is 32.3 Å². The average Bonchev–Trinajstić information content (AvgIpc) is 2.28. The molecular weight excluding hydrogens is 236 g/mol. The molecule has 0 aliphatic carbocycles. The van der Waals surface area contributed by atoms with Crippen LogP contribution in [0.15, 0.2) is 24.3 Å². The Morgan fingerprint density at radius 3 is 2.41 bits per heavy atom.